The minimum atomic E-state index is -0.352. The molecule has 0 unspecified atom stereocenters. The number of rotatable bonds is 6. The molecule has 0 bridgehead atoms. The van der Waals surface area contributed by atoms with Crippen molar-refractivity contribution < 1.29 is 14.0 Å². The molecule has 1 heterocycles. The van der Waals surface area contributed by atoms with E-state index in [4.69, 9.17) is 0 Å². The molecule has 5 nitrogen and oxygen atoms in total. The summed E-state index contributed by atoms with van der Waals surface area (Å²) in [7, 11) is 0. The second kappa shape index (κ2) is 7.86. The van der Waals surface area contributed by atoms with Gasteiger partial charge in [-0.05, 0) is 55.5 Å². The van der Waals surface area contributed by atoms with Crippen LogP contribution >= 0.6 is 0 Å². The number of carbonyl (C=O) groups excluding carboxylic acids is 2. The third-order valence-corrected chi connectivity index (χ3v) is 4.92. The van der Waals surface area contributed by atoms with Gasteiger partial charge in [-0.2, -0.15) is 0 Å². The first-order valence-electron chi connectivity index (χ1n) is 9.21. The van der Waals surface area contributed by atoms with E-state index in [0.29, 0.717) is 17.8 Å². The van der Waals surface area contributed by atoms with Gasteiger partial charge in [0, 0.05) is 23.2 Å². The van der Waals surface area contributed by atoms with E-state index in [-0.39, 0.29) is 29.1 Å². The number of pyridine rings is 1. The van der Waals surface area contributed by atoms with Gasteiger partial charge in [-0.25, -0.2) is 9.37 Å². The molecule has 2 amide bonds. The van der Waals surface area contributed by atoms with Crippen molar-refractivity contribution in [3.8, 4) is 0 Å². The average molecular weight is 369 g/mol. The number of benzene rings is 1. The van der Waals surface area contributed by atoms with E-state index in [2.05, 4.69) is 15.6 Å². The molecule has 1 aromatic heterocycles. The molecule has 0 saturated heterocycles. The maximum Gasteiger partial charge on any atom is 0.251 e. The molecule has 0 atom stereocenters. The third kappa shape index (κ3) is 4.70. The Balaban J connectivity index is 1.71. The lowest BCUT2D eigenvalue weighted by atomic mass is 9.72. The number of nitrogens with one attached hydrogen (secondary N) is 2. The van der Waals surface area contributed by atoms with E-state index >= 15 is 0 Å². The highest BCUT2D eigenvalue weighted by atomic mass is 19.1. The number of carbonyl (C=O) groups is 2. The molecule has 2 aromatic rings. The molecule has 1 aliphatic rings. The predicted molar refractivity (Wildman–Crippen MR) is 102 cm³/mol. The van der Waals surface area contributed by atoms with Gasteiger partial charge in [-0.3, -0.25) is 9.59 Å². The van der Waals surface area contributed by atoms with Gasteiger partial charge in [0.1, 0.15) is 11.6 Å². The van der Waals surface area contributed by atoms with Crippen molar-refractivity contribution in [2.75, 3.05) is 5.32 Å². The quantitative estimate of drug-likeness (QED) is 0.815. The van der Waals surface area contributed by atoms with Crippen LogP contribution in [0.1, 0.15) is 49.0 Å². The molecule has 6 heteroatoms. The summed E-state index contributed by atoms with van der Waals surface area (Å²) in [6.45, 7) is 3.58. The van der Waals surface area contributed by atoms with Gasteiger partial charge in [0.15, 0.2) is 0 Å². The highest BCUT2D eigenvalue weighted by Gasteiger charge is 2.38. The number of halogens is 1. The SMILES string of the molecule is CC(C)C(=O)Nc1cc(C(=O)NC2(Cc3cccc(F)c3)CCC2)ccn1. The largest absolute Gasteiger partial charge is 0.346 e. The molecule has 1 aliphatic carbocycles. The number of nitrogens with zero attached hydrogens (tertiary/aromatic N) is 1. The number of hydrogen-bond donors (Lipinski definition) is 2. The lowest BCUT2D eigenvalue weighted by Crippen LogP contribution is -2.55. The zero-order valence-corrected chi connectivity index (χ0v) is 15.6. The lowest BCUT2D eigenvalue weighted by Gasteiger charge is -2.43. The summed E-state index contributed by atoms with van der Waals surface area (Å²) >= 11 is 0. The summed E-state index contributed by atoms with van der Waals surface area (Å²) in [5.74, 6) is -0.453. The minimum Gasteiger partial charge on any atom is -0.346 e. The zero-order valence-electron chi connectivity index (χ0n) is 15.6. The summed E-state index contributed by atoms with van der Waals surface area (Å²) in [5, 5.41) is 5.82. The van der Waals surface area contributed by atoms with Gasteiger partial charge in [0.05, 0.1) is 0 Å². The summed E-state index contributed by atoms with van der Waals surface area (Å²) in [6.07, 6.45) is 4.85. The minimum absolute atomic E-state index is 0.151. The summed E-state index contributed by atoms with van der Waals surface area (Å²) in [6, 6.07) is 9.68. The molecule has 1 aromatic carbocycles. The Kier molecular flexibility index (Phi) is 5.54. The van der Waals surface area contributed by atoms with Gasteiger partial charge in [-0.15, -0.1) is 0 Å². The fraction of sp³-hybridized carbons (Fsp3) is 0.381. The Hall–Kier alpha value is -2.76. The summed E-state index contributed by atoms with van der Waals surface area (Å²) in [4.78, 5) is 28.7. The van der Waals surface area contributed by atoms with Crippen LogP contribution in [0.25, 0.3) is 0 Å². The molecule has 2 N–H and O–H groups in total. The molecule has 1 fully saturated rings. The van der Waals surface area contributed by atoms with E-state index < -0.39 is 0 Å². The van der Waals surface area contributed by atoms with Crippen LogP contribution in [0.4, 0.5) is 10.2 Å². The van der Waals surface area contributed by atoms with E-state index in [0.717, 1.165) is 24.8 Å². The highest BCUT2D eigenvalue weighted by molar-refractivity contribution is 5.97. The van der Waals surface area contributed by atoms with Crippen LogP contribution < -0.4 is 10.6 Å². The summed E-state index contributed by atoms with van der Waals surface area (Å²) in [5.41, 5.74) is 0.958. The molecular formula is C21H24FN3O2. The normalized spacial score (nSPS) is 15.1. The van der Waals surface area contributed by atoms with Crippen LogP contribution in [0, 0.1) is 11.7 Å². The van der Waals surface area contributed by atoms with Crippen LogP contribution in [0.15, 0.2) is 42.6 Å². The monoisotopic (exact) mass is 369 g/mol. The number of amides is 2. The van der Waals surface area contributed by atoms with Crippen molar-refractivity contribution >= 4 is 17.6 Å². The van der Waals surface area contributed by atoms with Crippen molar-refractivity contribution in [3.05, 3.63) is 59.5 Å². The molecule has 0 radical (unpaired) electrons. The Morgan fingerprint density at radius 1 is 1.22 bits per heavy atom. The van der Waals surface area contributed by atoms with Gasteiger partial charge in [0.25, 0.3) is 5.91 Å². The van der Waals surface area contributed by atoms with Crippen LogP contribution in [0.2, 0.25) is 0 Å². The Morgan fingerprint density at radius 3 is 2.63 bits per heavy atom. The topological polar surface area (TPSA) is 71.1 Å². The van der Waals surface area contributed by atoms with Gasteiger partial charge >= 0.3 is 0 Å². The lowest BCUT2D eigenvalue weighted by molar-refractivity contribution is -0.118. The van der Waals surface area contributed by atoms with E-state index in [1.165, 1.54) is 18.3 Å². The predicted octanol–water partition coefficient (Wildman–Crippen LogP) is 3.71. The van der Waals surface area contributed by atoms with Crippen LogP contribution in [-0.4, -0.2) is 22.3 Å². The Labute approximate surface area is 158 Å². The molecular weight excluding hydrogens is 345 g/mol. The van der Waals surface area contributed by atoms with Crippen LogP contribution in [0.5, 0.6) is 0 Å². The van der Waals surface area contributed by atoms with Crippen molar-refractivity contribution in [2.24, 2.45) is 5.92 Å². The molecule has 142 valence electrons. The Morgan fingerprint density at radius 2 is 2.00 bits per heavy atom. The van der Waals surface area contributed by atoms with E-state index in [1.54, 1.807) is 32.0 Å². The second-order valence-corrected chi connectivity index (χ2v) is 7.47. The number of aromatic nitrogens is 1. The smallest absolute Gasteiger partial charge is 0.251 e. The molecule has 1 saturated carbocycles. The molecule has 0 spiro atoms. The van der Waals surface area contributed by atoms with Gasteiger partial charge < -0.3 is 10.6 Å². The third-order valence-electron chi connectivity index (χ3n) is 4.92. The van der Waals surface area contributed by atoms with Crippen molar-refractivity contribution in [2.45, 2.75) is 45.1 Å². The van der Waals surface area contributed by atoms with E-state index in [1.807, 2.05) is 6.07 Å². The highest BCUT2D eigenvalue weighted by Crippen LogP contribution is 2.35. The van der Waals surface area contributed by atoms with E-state index in [9.17, 15) is 14.0 Å². The first kappa shape index (κ1) is 19.0. The first-order chi connectivity index (χ1) is 12.9. The Bertz CT molecular complexity index is 847. The van der Waals surface area contributed by atoms with Crippen molar-refractivity contribution in [1.82, 2.24) is 10.3 Å². The summed E-state index contributed by atoms with van der Waals surface area (Å²) < 4.78 is 13.5. The average Bonchev–Trinajstić information content (AvgIpc) is 2.60. The van der Waals surface area contributed by atoms with Gasteiger partial charge in [-0.1, -0.05) is 26.0 Å². The standard InChI is InChI=1S/C21H24FN3O2/c1-14(2)19(26)24-18-12-16(7-10-23-18)20(27)25-21(8-4-9-21)13-15-5-3-6-17(22)11-15/h3,5-7,10-12,14H,4,8-9,13H2,1-2H3,(H,25,27)(H,23,24,26). The van der Waals surface area contributed by atoms with Crippen molar-refractivity contribution in [1.29, 1.82) is 0 Å². The van der Waals surface area contributed by atoms with Gasteiger partial charge in [0.2, 0.25) is 5.91 Å². The molecule has 3 rings (SSSR count). The molecule has 0 aliphatic heterocycles. The fourth-order valence-electron chi connectivity index (χ4n) is 3.21. The second-order valence-electron chi connectivity index (χ2n) is 7.47. The molecule has 27 heavy (non-hydrogen) atoms. The zero-order chi connectivity index (χ0) is 19.4. The fourth-order valence-corrected chi connectivity index (χ4v) is 3.21. The maximum absolute atomic E-state index is 13.5. The van der Waals surface area contributed by atoms with Crippen LogP contribution in [0.3, 0.4) is 0 Å². The van der Waals surface area contributed by atoms with Crippen LogP contribution in [-0.2, 0) is 11.2 Å². The first-order valence-corrected chi connectivity index (χ1v) is 9.21. The maximum atomic E-state index is 13.5. The van der Waals surface area contributed by atoms with Crippen molar-refractivity contribution in [3.63, 3.8) is 0 Å². The number of anilines is 1. The number of hydrogen-bond acceptors (Lipinski definition) is 3.